The fraction of sp³-hybridized carbons (Fsp3) is 0.357. The standard InChI is InChI=1S/C14H15BrN2O2/c1-16-5-7-17(8-6-16)14(18)13-9-10-11(15)3-2-4-12(10)19-13/h2-4,9H,5-8H2,1H3. The number of hydrogen-bond acceptors (Lipinski definition) is 3. The Hall–Kier alpha value is -1.33. The molecule has 2 heterocycles. The number of fused-ring (bicyclic) bond motifs is 1. The molecule has 5 heteroatoms. The van der Waals surface area contributed by atoms with Crippen LogP contribution in [0.4, 0.5) is 0 Å². The van der Waals surface area contributed by atoms with Crippen LogP contribution in [0.5, 0.6) is 0 Å². The average Bonchev–Trinajstić information content (AvgIpc) is 2.84. The van der Waals surface area contributed by atoms with Crippen molar-refractivity contribution in [1.82, 2.24) is 9.80 Å². The minimum absolute atomic E-state index is 0.0174. The van der Waals surface area contributed by atoms with Crippen LogP contribution in [0.3, 0.4) is 0 Å². The molecule has 0 N–H and O–H groups in total. The number of furan rings is 1. The second-order valence-electron chi connectivity index (χ2n) is 4.86. The van der Waals surface area contributed by atoms with E-state index in [9.17, 15) is 4.79 Å². The third-order valence-corrected chi connectivity index (χ3v) is 4.20. The van der Waals surface area contributed by atoms with Gasteiger partial charge in [0.1, 0.15) is 5.58 Å². The molecule has 0 radical (unpaired) electrons. The summed E-state index contributed by atoms with van der Waals surface area (Å²) in [6.07, 6.45) is 0. The number of rotatable bonds is 1. The predicted molar refractivity (Wildman–Crippen MR) is 77.3 cm³/mol. The fourth-order valence-corrected chi connectivity index (χ4v) is 2.76. The van der Waals surface area contributed by atoms with Crippen molar-refractivity contribution in [1.29, 1.82) is 0 Å². The van der Waals surface area contributed by atoms with Crippen molar-refractivity contribution in [3.63, 3.8) is 0 Å². The summed E-state index contributed by atoms with van der Waals surface area (Å²) in [7, 11) is 2.07. The molecule has 1 aliphatic rings. The van der Waals surface area contributed by atoms with Gasteiger partial charge in [-0.3, -0.25) is 4.79 Å². The average molecular weight is 323 g/mol. The molecular weight excluding hydrogens is 308 g/mol. The molecule has 0 bridgehead atoms. The topological polar surface area (TPSA) is 36.7 Å². The summed E-state index contributed by atoms with van der Waals surface area (Å²) in [5.74, 6) is 0.405. The predicted octanol–water partition coefficient (Wildman–Crippen LogP) is 2.58. The zero-order valence-electron chi connectivity index (χ0n) is 10.7. The Morgan fingerprint density at radius 3 is 2.68 bits per heavy atom. The molecule has 1 saturated heterocycles. The Morgan fingerprint density at radius 1 is 1.26 bits per heavy atom. The van der Waals surface area contributed by atoms with E-state index in [-0.39, 0.29) is 5.91 Å². The van der Waals surface area contributed by atoms with Crippen molar-refractivity contribution in [3.8, 4) is 0 Å². The van der Waals surface area contributed by atoms with Gasteiger partial charge in [-0.1, -0.05) is 22.0 Å². The van der Waals surface area contributed by atoms with Crippen molar-refractivity contribution in [2.75, 3.05) is 33.2 Å². The third kappa shape index (κ3) is 2.40. The Morgan fingerprint density at radius 2 is 2.00 bits per heavy atom. The number of hydrogen-bond donors (Lipinski definition) is 0. The Labute approximate surface area is 120 Å². The van der Waals surface area contributed by atoms with Crippen molar-refractivity contribution < 1.29 is 9.21 Å². The normalized spacial score (nSPS) is 17.1. The molecule has 1 fully saturated rings. The van der Waals surface area contributed by atoms with Crippen LogP contribution in [0.1, 0.15) is 10.6 Å². The van der Waals surface area contributed by atoms with Gasteiger partial charge in [0.2, 0.25) is 0 Å². The molecule has 100 valence electrons. The summed E-state index contributed by atoms with van der Waals surface area (Å²) >= 11 is 3.47. The number of nitrogens with zero attached hydrogens (tertiary/aromatic N) is 2. The first-order chi connectivity index (χ1) is 9.15. The van der Waals surface area contributed by atoms with E-state index >= 15 is 0 Å². The first-order valence-electron chi connectivity index (χ1n) is 6.31. The largest absolute Gasteiger partial charge is 0.451 e. The minimum Gasteiger partial charge on any atom is -0.451 e. The monoisotopic (exact) mass is 322 g/mol. The van der Waals surface area contributed by atoms with Crippen molar-refractivity contribution >= 4 is 32.8 Å². The van der Waals surface area contributed by atoms with Crippen LogP contribution in [-0.2, 0) is 0 Å². The Bertz CT molecular complexity index is 615. The molecule has 1 aromatic heterocycles. The Balaban J connectivity index is 1.87. The number of likely N-dealkylation sites (N-methyl/N-ethyl adjacent to an activating group) is 1. The lowest BCUT2D eigenvalue weighted by Gasteiger charge is -2.31. The number of carbonyl (C=O) groups excluding carboxylic acids is 1. The number of carbonyl (C=O) groups is 1. The lowest BCUT2D eigenvalue weighted by Crippen LogP contribution is -2.47. The summed E-state index contributed by atoms with van der Waals surface area (Å²) < 4.78 is 6.61. The zero-order chi connectivity index (χ0) is 13.4. The summed E-state index contributed by atoms with van der Waals surface area (Å²) in [5, 5.41) is 0.944. The number of piperazine rings is 1. The SMILES string of the molecule is CN1CCN(C(=O)c2cc3c(Br)cccc3o2)CC1. The van der Waals surface area contributed by atoms with E-state index in [1.165, 1.54) is 0 Å². The number of amides is 1. The van der Waals surface area contributed by atoms with Gasteiger partial charge in [0.15, 0.2) is 5.76 Å². The smallest absolute Gasteiger partial charge is 0.289 e. The molecule has 2 aromatic rings. The van der Waals surface area contributed by atoms with Crippen LogP contribution in [0.2, 0.25) is 0 Å². The van der Waals surface area contributed by atoms with Crippen LogP contribution in [0.25, 0.3) is 11.0 Å². The van der Waals surface area contributed by atoms with E-state index in [0.717, 1.165) is 41.6 Å². The summed E-state index contributed by atoms with van der Waals surface area (Å²) in [5.41, 5.74) is 0.742. The first-order valence-corrected chi connectivity index (χ1v) is 7.10. The lowest BCUT2D eigenvalue weighted by atomic mass is 10.2. The van der Waals surface area contributed by atoms with Gasteiger partial charge in [-0.2, -0.15) is 0 Å². The minimum atomic E-state index is -0.0174. The second-order valence-corrected chi connectivity index (χ2v) is 5.71. The van der Waals surface area contributed by atoms with Gasteiger partial charge in [0.05, 0.1) is 0 Å². The highest BCUT2D eigenvalue weighted by molar-refractivity contribution is 9.10. The van der Waals surface area contributed by atoms with E-state index in [1.807, 2.05) is 29.2 Å². The van der Waals surface area contributed by atoms with Crippen LogP contribution >= 0.6 is 15.9 Å². The molecule has 0 atom stereocenters. The molecule has 1 aliphatic heterocycles. The highest BCUT2D eigenvalue weighted by Crippen LogP contribution is 2.27. The number of halogens is 1. The van der Waals surface area contributed by atoms with Crippen molar-refractivity contribution in [2.24, 2.45) is 0 Å². The maximum absolute atomic E-state index is 12.4. The van der Waals surface area contributed by atoms with E-state index in [4.69, 9.17) is 4.42 Å². The zero-order valence-corrected chi connectivity index (χ0v) is 12.3. The van der Waals surface area contributed by atoms with Gasteiger partial charge in [-0.05, 0) is 25.2 Å². The van der Waals surface area contributed by atoms with Crippen molar-refractivity contribution in [3.05, 3.63) is 34.5 Å². The molecule has 1 amide bonds. The van der Waals surface area contributed by atoms with Crippen molar-refractivity contribution in [2.45, 2.75) is 0 Å². The molecule has 4 nitrogen and oxygen atoms in total. The summed E-state index contributed by atoms with van der Waals surface area (Å²) in [6.45, 7) is 3.34. The fourth-order valence-electron chi connectivity index (χ4n) is 2.30. The second kappa shape index (κ2) is 4.98. The molecule has 0 unspecified atom stereocenters. The number of benzene rings is 1. The van der Waals surface area contributed by atoms with Gasteiger partial charge in [0.25, 0.3) is 5.91 Å². The summed E-state index contributed by atoms with van der Waals surface area (Å²) in [6, 6.07) is 7.54. The molecular formula is C14H15BrN2O2. The van der Waals surface area contributed by atoms with Gasteiger partial charge in [-0.25, -0.2) is 0 Å². The van der Waals surface area contributed by atoms with Gasteiger partial charge < -0.3 is 14.2 Å². The molecule has 19 heavy (non-hydrogen) atoms. The van der Waals surface area contributed by atoms with E-state index in [0.29, 0.717) is 5.76 Å². The van der Waals surface area contributed by atoms with Gasteiger partial charge in [-0.15, -0.1) is 0 Å². The maximum atomic E-state index is 12.4. The molecule has 3 rings (SSSR count). The first kappa shape index (κ1) is 12.7. The molecule has 1 aromatic carbocycles. The van der Waals surface area contributed by atoms with E-state index in [2.05, 4.69) is 27.9 Å². The van der Waals surface area contributed by atoms with E-state index in [1.54, 1.807) is 0 Å². The highest BCUT2D eigenvalue weighted by atomic mass is 79.9. The Kier molecular flexibility index (Phi) is 3.33. The molecule has 0 aliphatic carbocycles. The van der Waals surface area contributed by atoms with Crippen LogP contribution < -0.4 is 0 Å². The van der Waals surface area contributed by atoms with Crippen LogP contribution in [0, 0.1) is 0 Å². The maximum Gasteiger partial charge on any atom is 0.289 e. The third-order valence-electron chi connectivity index (χ3n) is 3.51. The lowest BCUT2D eigenvalue weighted by molar-refractivity contribution is 0.0635. The molecule has 0 spiro atoms. The van der Waals surface area contributed by atoms with Gasteiger partial charge in [0, 0.05) is 36.0 Å². The van der Waals surface area contributed by atoms with E-state index < -0.39 is 0 Å². The summed E-state index contributed by atoms with van der Waals surface area (Å²) in [4.78, 5) is 16.5. The highest BCUT2D eigenvalue weighted by Gasteiger charge is 2.23. The van der Waals surface area contributed by atoms with Crippen LogP contribution in [-0.4, -0.2) is 48.9 Å². The quantitative estimate of drug-likeness (QED) is 0.809. The molecule has 0 saturated carbocycles. The van der Waals surface area contributed by atoms with Gasteiger partial charge >= 0.3 is 0 Å². The van der Waals surface area contributed by atoms with Crippen LogP contribution in [0.15, 0.2) is 33.2 Å².